The number of hydrogen-bond acceptors (Lipinski definition) is 8. The molecule has 2 aliphatic rings. The summed E-state index contributed by atoms with van der Waals surface area (Å²) in [6.45, 7) is 1.69. The van der Waals surface area contributed by atoms with Crippen molar-refractivity contribution in [2.24, 2.45) is 5.92 Å². The molecule has 0 radical (unpaired) electrons. The molecule has 3 heterocycles. The number of aromatic nitrogens is 2. The van der Waals surface area contributed by atoms with Gasteiger partial charge in [0.25, 0.3) is 5.91 Å². The maximum absolute atomic E-state index is 13.2. The number of halogens is 1. The summed E-state index contributed by atoms with van der Waals surface area (Å²) in [6, 6.07) is 2.22. The number of nitrogens with zero attached hydrogens (tertiary/aromatic N) is 4. The number of likely N-dealkylation sites (N-methyl/N-ethyl adjacent to an activating group) is 1. The number of rotatable bonds is 5. The third-order valence-corrected chi connectivity index (χ3v) is 8.57. The van der Waals surface area contributed by atoms with E-state index in [4.69, 9.17) is 23.8 Å². The van der Waals surface area contributed by atoms with Crippen LogP contribution in [0.1, 0.15) is 39.6 Å². The summed E-state index contributed by atoms with van der Waals surface area (Å²) in [6.07, 6.45) is 4.02. The monoisotopic (exact) mass is 563 g/mol. The molecule has 1 fully saturated rings. The van der Waals surface area contributed by atoms with Crippen LogP contribution in [0, 0.1) is 5.92 Å². The number of anilines is 1. The Morgan fingerprint density at radius 2 is 1.95 bits per heavy atom. The van der Waals surface area contributed by atoms with E-state index < -0.39 is 23.9 Å². The van der Waals surface area contributed by atoms with Crippen LogP contribution in [-0.4, -0.2) is 82.2 Å². The molecule has 37 heavy (non-hydrogen) atoms. The van der Waals surface area contributed by atoms with Crippen LogP contribution in [0.5, 0.6) is 0 Å². The van der Waals surface area contributed by atoms with Gasteiger partial charge in [0.1, 0.15) is 5.82 Å². The Kier molecular flexibility index (Phi) is 8.73. The number of thiazole rings is 1. The topological polar surface area (TPSA) is 120 Å². The van der Waals surface area contributed by atoms with Gasteiger partial charge in [0, 0.05) is 56.6 Å². The van der Waals surface area contributed by atoms with Crippen LogP contribution in [0.4, 0.5) is 5.82 Å². The molecule has 0 aromatic carbocycles. The van der Waals surface area contributed by atoms with Gasteiger partial charge in [0.2, 0.25) is 0 Å². The molecular weight excluding hydrogens is 534 g/mol. The predicted octanol–water partition coefficient (Wildman–Crippen LogP) is 2.09. The normalized spacial score (nSPS) is 21.5. The quantitative estimate of drug-likeness (QED) is 0.374. The number of carbonyl (C=O) groups excluding carboxylic acids is 3. The fourth-order valence-corrected chi connectivity index (χ4v) is 6.02. The van der Waals surface area contributed by atoms with E-state index in [0.29, 0.717) is 22.9 Å². The van der Waals surface area contributed by atoms with Gasteiger partial charge < -0.3 is 25.8 Å². The Bertz CT molecular complexity index is 1190. The predicted molar refractivity (Wildman–Crippen MR) is 147 cm³/mol. The van der Waals surface area contributed by atoms with Crippen LogP contribution in [0.3, 0.4) is 0 Å². The second kappa shape index (κ2) is 11.8. The van der Waals surface area contributed by atoms with Crippen LogP contribution >= 0.6 is 35.2 Å². The summed E-state index contributed by atoms with van der Waals surface area (Å²) < 4.78 is 0. The third kappa shape index (κ3) is 6.81. The van der Waals surface area contributed by atoms with Crippen LogP contribution < -0.4 is 16.0 Å². The van der Waals surface area contributed by atoms with E-state index in [1.807, 2.05) is 26.0 Å². The van der Waals surface area contributed by atoms with Crippen LogP contribution in [0.15, 0.2) is 18.3 Å². The fraction of sp³-hybridized carbons (Fsp3) is 0.500. The molecule has 10 nitrogen and oxygen atoms in total. The first-order valence-corrected chi connectivity index (χ1v) is 13.6. The first-order chi connectivity index (χ1) is 17.6. The molecule has 2 aromatic rings. The van der Waals surface area contributed by atoms with Gasteiger partial charge in [-0.3, -0.25) is 14.4 Å². The molecule has 0 saturated heterocycles. The SMILES string of the molecule is CN1CCc2nc(C(=O)NC3CC(C(=S)N(C)C)CCC3NC(=O)C(=O)Nc3ccc(Cl)cn3)sc2C1. The summed E-state index contributed by atoms with van der Waals surface area (Å²) in [5.41, 5.74) is 0.973. The van der Waals surface area contributed by atoms with Crippen molar-refractivity contribution >= 4 is 63.7 Å². The van der Waals surface area contributed by atoms with Crippen molar-refractivity contribution in [3.05, 3.63) is 38.9 Å². The number of fused-ring (bicyclic) bond motifs is 1. The molecule has 4 rings (SSSR count). The zero-order valence-electron chi connectivity index (χ0n) is 20.9. The maximum Gasteiger partial charge on any atom is 0.314 e. The van der Waals surface area contributed by atoms with Crippen molar-refractivity contribution in [1.29, 1.82) is 0 Å². The summed E-state index contributed by atoms with van der Waals surface area (Å²) in [7, 11) is 5.84. The number of pyridine rings is 1. The van der Waals surface area contributed by atoms with Crippen molar-refractivity contribution in [2.45, 2.75) is 44.3 Å². The first-order valence-electron chi connectivity index (χ1n) is 12.0. The van der Waals surface area contributed by atoms with Crippen LogP contribution in [0.2, 0.25) is 5.02 Å². The minimum absolute atomic E-state index is 0.0636. The van der Waals surface area contributed by atoms with Gasteiger partial charge in [-0.15, -0.1) is 11.3 Å². The lowest BCUT2D eigenvalue weighted by Gasteiger charge is -2.38. The summed E-state index contributed by atoms with van der Waals surface area (Å²) in [5, 5.41) is 9.17. The molecule has 3 unspecified atom stereocenters. The molecule has 3 amide bonds. The van der Waals surface area contributed by atoms with Gasteiger partial charge in [-0.05, 0) is 38.4 Å². The van der Waals surface area contributed by atoms with Crippen molar-refractivity contribution in [3.63, 3.8) is 0 Å². The Hall–Kier alpha value is -2.67. The summed E-state index contributed by atoms with van der Waals surface area (Å²) in [4.78, 5) is 53.0. The number of carbonyl (C=O) groups is 3. The molecule has 2 aromatic heterocycles. The van der Waals surface area contributed by atoms with Crippen LogP contribution in [-0.2, 0) is 22.6 Å². The Morgan fingerprint density at radius 3 is 2.65 bits per heavy atom. The van der Waals surface area contributed by atoms with Crippen molar-refractivity contribution in [3.8, 4) is 0 Å². The molecular formula is C24H30ClN7O3S2. The third-order valence-electron chi connectivity index (χ3n) is 6.56. The second-order valence-corrected chi connectivity index (χ2v) is 11.5. The maximum atomic E-state index is 13.2. The molecule has 3 atom stereocenters. The van der Waals surface area contributed by atoms with Crippen LogP contribution in [0.25, 0.3) is 0 Å². The molecule has 0 spiro atoms. The van der Waals surface area contributed by atoms with E-state index in [1.54, 1.807) is 6.07 Å². The zero-order valence-corrected chi connectivity index (χ0v) is 23.3. The van der Waals surface area contributed by atoms with Gasteiger partial charge in [0.05, 0.1) is 21.7 Å². The molecule has 3 N–H and O–H groups in total. The largest absolute Gasteiger partial charge is 0.372 e. The molecule has 1 aliphatic heterocycles. The highest BCUT2D eigenvalue weighted by atomic mass is 35.5. The number of hydrogen-bond donors (Lipinski definition) is 3. The Labute approximate surface area is 230 Å². The molecule has 198 valence electrons. The number of nitrogens with one attached hydrogen (secondary N) is 3. The van der Waals surface area contributed by atoms with E-state index in [9.17, 15) is 14.4 Å². The lowest BCUT2D eigenvalue weighted by molar-refractivity contribution is -0.136. The lowest BCUT2D eigenvalue weighted by atomic mass is 9.81. The highest BCUT2D eigenvalue weighted by molar-refractivity contribution is 7.80. The lowest BCUT2D eigenvalue weighted by Crippen LogP contribution is -2.57. The summed E-state index contributed by atoms with van der Waals surface area (Å²) >= 11 is 12.8. The van der Waals surface area contributed by atoms with Gasteiger partial charge in [0.15, 0.2) is 5.01 Å². The standard InChI is InChI=1S/C24H30ClN7O3S2/c1-31(2)24(36)13-4-6-15(27-20(33)21(34)30-19-7-5-14(25)11-26-19)17(10-13)28-22(35)23-29-16-8-9-32(3)12-18(16)37-23/h5,7,11,13,15,17H,4,6,8-10,12H2,1-3H3,(H,27,33)(H,28,35)(H,26,30,34). The number of thiocarbonyl (C=S) groups is 1. The fourth-order valence-electron chi connectivity index (χ4n) is 4.60. The molecule has 1 aliphatic carbocycles. The van der Waals surface area contributed by atoms with Crippen molar-refractivity contribution in [2.75, 3.05) is 33.0 Å². The van der Waals surface area contributed by atoms with E-state index in [2.05, 4.69) is 30.8 Å². The zero-order chi connectivity index (χ0) is 26.7. The van der Waals surface area contributed by atoms with E-state index in [0.717, 1.165) is 41.5 Å². The van der Waals surface area contributed by atoms with Crippen molar-refractivity contribution in [1.82, 2.24) is 30.4 Å². The van der Waals surface area contributed by atoms with Gasteiger partial charge in [-0.1, -0.05) is 23.8 Å². The Balaban J connectivity index is 1.45. The van der Waals surface area contributed by atoms with E-state index in [-0.39, 0.29) is 17.6 Å². The average Bonchev–Trinajstić information content (AvgIpc) is 3.29. The first kappa shape index (κ1) is 27.4. The van der Waals surface area contributed by atoms with E-state index >= 15 is 0 Å². The molecule has 0 bridgehead atoms. The van der Waals surface area contributed by atoms with E-state index in [1.165, 1.54) is 23.6 Å². The molecule has 13 heteroatoms. The minimum atomic E-state index is -0.845. The van der Waals surface area contributed by atoms with Gasteiger partial charge in [-0.25, -0.2) is 9.97 Å². The van der Waals surface area contributed by atoms with Crippen molar-refractivity contribution < 1.29 is 14.4 Å². The smallest absolute Gasteiger partial charge is 0.314 e. The number of amides is 3. The van der Waals surface area contributed by atoms with Gasteiger partial charge in [-0.2, -0.15) is 0 Å². The average molecular weight is 564 g/mol. The van der Waals surface area contributed by atoms with Gasteiger partial charge >= 0.3 is 11.8 Å². The highest BCUT2D eigenvalue weighted by Gasteiger charge is 2.36. The molecule has 1 saturated carbocycles. The minimum Gasteiger partial charge on any atom is -0.372 e. The highest BCUT2D eigenvalue weighted by Crippen LogP contribution is 2.29. The summed E-state index contributed by atoms with van der Waals surface area (Å²) in [5.74, 6) is -1.65. The Morgan fingerprint density at radius 1 is 1.16 bits per heavy atom. The second-order valence-electron chi connectivity index (χ2n) is 9.60.